The van der Waals surface area contributed by atoms with Crippen LogP contribution >= 0.6 is 0 Å². The maximum absolute atomic E-state index is 11.1. The first-order chi connectivity index (χ1) is 9.20. The van der Waals surface area contributed by atoms with Crippen LogP contribution in [0.25, 0.3) is 0 Å². The number of aromatic nitrogens is 1. The van der Waals surface area contributed by atoms with Gasteiger partial charge in [0.15, 0.2) is 0 Å². The van der Waals surface area contributed by atoms with Gasteiger partial charge in [-0.2, -0.15) is 0 Å². The van der Waals surface area contributed by atoms with Crippen molar-refractivity contribution >= 4 is 11.7 Å². The molecule has 0 aliphatic rings. The average molecular weight is 256 g/mol. The molecule has 0 bridgehead atoms. The predicted molar refractivity (Wildman–Crippen MR) is 74.4 cm³/mol. The molecule has 0 saturated carbocycles. The molecule has 0 aliphatic heterocycles. The van der Waals surface area contributed by atoms with Crippen LogP contribution < -0.4 is 16.8 Å². The van der Waals surface area contributed by atoms with Gasteiger partial charge in [0.2, 0.25) is 5.91 Å². The number of rotatable bonds is 5. The molecule has 2 aromatic rings. The fourth-order valence-corrected chi connectivity index (χ4v) is 1.80. The Morgan fingerprint density at radius 3 is 2.63 bits per heavy atom. The van der Waals surface area contributed by atoms with Gasteiger partial charge in [-0.15, -0.1) is 0 Å². The molecule has 1 aromatic heterocycles. The minimum atomic E-state index is -0.465. The molecule has 1 heterocycles. The number of hydrogen-bond acceptors (Lipinski definition) is 4. The average Bonchev–Trinajstić information content (AvgIpc) is 2.45. The Kier molecular flexibility index (Phi) is 4.10. The molecule has 5 nitrogen and oxygen atoms in total. The molecule has 0 radical (unpaired) electrons. The summed E-state index contributed by atoms with van der Waals surface area (Å²) < 4.78 is 0. The number of nitrogens with one attached hydrogen (secondary N) is 1. The molecular formula is C14H16N4O. The van der Waals surface area contributed by atoms with E-state index in [-0.39, 0.29) is 0 Å². The Labute approximate surface area is 111 Å². The lowest BCUT2D eigenvalue weighted by Crippen LogP contribution is -2.12. The van der Waals surface area contributed by atoms with Crippen LogP contribution in [-0.2, 0) is 13.1 Å². The van der Waals surface area contributed by atoms with Gasteiger partial charge in [-0.05, 0) is 23.3 Å². The maximum Gasteiger partial charge on any atom is 0.248 e. The summed E-state index contributed by atoms with van der Waals surface area (Å²) >= 11 is 0. The Bertz CT molecular complexity index is 583. The van der Waals surface area contributed by atoms with E-state index >= 15 is 0 Å². The Morgan fingerprint density at radius 2 is 1.95 bits per heavy atom. The van der Waals surface area contributed by atoms with E-state index in [1.807, 2.05) is 24.3 Å². The Hall–Kier alpha value is -2.40. The van der Waals surface area contributed by atoms with Gasteiger partial charge in [-0.25, -0.2) is 4.98 Å². The highest BCUT2D eigenvalue weighted by Crippen LogP contribution is 2.12. The molecule has 5 N–H and O–H groups in total. The lowest BCUT2D eigenvalue weighted by molar-refractivity contribution is 0.1000. The number of primary amides is 1. The summed E-state index contributed by atoms with van der Waals surface area (Å²) in [7, 11) is 0. The van der Waals surface area contributed by atoms with E-state index < -0.39 is 5.91 Å². The minimum absolute atomic E-state index is 0.435. The largest absolute Gasteiger partial charge is 0.366 e. The minimum Gasteiger partial charge on any atom is -0.366 e. The van der Waals surface area contributed by atoms with Crippen LogP contribution in [0, 0.1) is 0 Å². The summed E-state index contributed by atoms with van der Waals surface area (Å²) in [5.41, 5.74) is 13.5. The van der Waals surface area contributed by atoms with Crippen molar-refractivity contribution in [3.05, 3.63) is 59.3 Å². The fraction of sp³-hybridized carbons (Fsp3) is 0.143. The van der Waals surface area contributed by atoms with Crippen molar-refractivity contribution in [3.8, 4) is 0 Å². The number of carbonyl (C=O) groups excluding carboxylic acids is 1. The second-order valence-electron chi connectivity index (χ2n) is 4.12. The molecule has 98 valence electrons. The molecule has 1 aromatic carbocycles. The number of amides is 1. The quantitative estimate of drug-likeness (QED) is 0.750. The van der Waals surface area contributed by atoms with Crippen molar-refractivity contribution in [2.75, 3.05) is 5.32 Å². The molecule has 5 heteroatoms. The van der Waals surface area contributed by atoms with Gasteiger partial charge in [0.25, 0.3) is 0 Å². The summed E-state index contributed by atoms with van der Waals surface area (Å²) in [5.74, 6) is 0.149. The number of benzene rings is 1. The fourth-order valence-electron chi connectivity index (χ4n) is 1.80. The Balaban J connectivity index is 2.10. The number of carbonyl (C=O) groups is 1. The third-order valence-electron chi connectivity index (χ3n) is 2.84. The van der Waals surface area contributed by atoms with E-state index in [1.54, 1.807) is 18.3 Å². The molecule has 0 fully saturated rings. The van der Waals surface area contributed by atoms with Crippen molar-refractivity contribution in [2.45, 2.75) is 13.1 Å². The van der Waals surface area contributed by atoms with Crippen LogP contribution in [0.3, 0.4) is 0 Å². The predicted octanol–water partition coefficient (Wildman–Crippen LogP) is 1.25. The summed E-state index contributed by atoms with van der Waals surface area (Å²) in [4.78, 5) is 15.2. The Morgan fingerprint density at radius 1 is 1.21 bits per heavy atom. The number of nitrogens with zero attached hydrogens (tertiary/aromatic N) is 1. The first-order valence-electron chi connectivity index (χ1n) is 5.97. The van der Waals surface area contributed by atoms with E-state index in [0.717, 1.165) is 11.1 Å². The molecule has 19 heavy (non-hydrogen) atoms. The van der Waals surface area contributed by atoms with Crippen molar-refractivity contribution in [2.24, 2.45) is 11.5 Å². The van der Waals surface area contributed by atoms with Crippen LogP contribution in [0.1, 0.15) is 21.5 Å². The summed E-state index contributed by atoms with van der Waals surface area (Å²) in [6, 6.07) is 11.1. The standard InChI is InChI=1S/C14H16N4O/c15-8-11-3-1-2-4-12(11)9-18-13-7-10(14(16)19)5-6-17-13/h1-7H,8-9,15H2,(H2,16,19)(H,17,18). The smallest absolute Gasteiger partial charge is 0.248 e. The molecule has 1 amide bonds. The van der Waals surface area contributed by atoms with Crippen molar-refractivity contribution in [1.82, 2.24) is 4.98 Å². The van der Waals surface area contributed by atoms with Crippen LogP contribution in [0.2, 0.25) is 0 Å². The van der Waals surface area contributed by atoms with Gasteiger partial charge >= 0.3 is 0 Å². The normalized spacial score (nSPS) is 10.2. The molecule has 0 atom stereocenters. The monoisotopic (exact) mass is 256 g/mol. The molecule has 0 spiro atoms. The van der Waals surface area contributed by atoms with Crippen molar-refractivity contribution in [1.29, 1.82) is 0 Å². The van der Waals surface area contributed by atoms with Gasteiger partial charge in [-0.1, -0.05) is 24.3 Å². The SMILES string of the molecule is NCc1ccccc1CNc1cc(C(N)=O)ccn1. The number of hydrogen-bond donors (Lipinski definition) is 3. The second-order valence-corrected chi connectivity index (χ2v) is 4.12. The zero-order valence-electron chi connectivity index (χ0n) is 10.5. The second kappa shape index (κ2) is 5.97. The van der Waals surface area contributed by atoms with E-state index in [4.69, 9.17) is 11.5 Å². The number of pyridine rings is 1. The van der Waals surface area contributed by atoms with Crippen LogP contribution in [0.5, 0.6) is 0 Å². The van der Waals surface area contributed by atoms with Crippen molar-refractivity contribution < 1.29 is 4.79 Å². The van der Waals surface area contributed by atoms with Gasteiger partial charge < -0.3 is 16.8 Å². The highest BCUT2D eigenvalue weighted by molar-refractivity contribution is 5.93. The van der Waals surface area contributed by atoms with Gasteiger partial charge in [-0.3, -0.25) is 4.79 Å². The molecule has 0 unspecified atom stereocenters. The molecule has 2 rings (SSSR count). The third kappa shape index (κ3) is 3.29. The summed E-state index contributed by atoms with van der Waals surface area (Å²) in [6.07, 6.45) is 1.55. The van der Waals surface area contributed by atoms with Crippen LogP contribution in [0.15, 0.2) is 42.6 Å². The molecular weight excluding hydrogens is 240 g/mol. The number of anilines is 1. The van der Waals surface area contributed by atoms with E-state index in [0.29, 0.717) is 24.5 Å². The van der Waals surface area contributed by atoms with Crippen LogP contribution in [-0.4, -0.2) is 10.9 Å². The van der Waals surface area contributed by atoms with Crippen LogP contribution in [0.4, 0.5) is 5.82 Å². The summed E-state index contributed by atoms with van der Waals surface area (Å²) in [6.45, 7) is 1.09. The highest BCUT2D eigenvalue weighted by atomic mass is 16.1. The maximum atomic E-state index is 11.1. The van der Waals surface area contributed by atoms with Gasteiger partial charge in [0.05, 0.1) is 0 Å². The topological polar surface area (TPSA) is 94.0 Å². The first-order valence-corrected chi connectivity index (χ1v) is 5.97. The van der Waals surface area contributed by atoms with E-state index in [1.165, 1.54) is 0 Å². The number of nitrogens with two attached hydrogens (primary N) is 2. The van der Waals surface area contributed by atoms with Gasteiger partial charge in [0.1, 0.15) is 5.82 Å². The lowest BCUT2D eigenvalue weighted by atomic mass is 10.1. The lowest BCUT2D eigenvalue weighted by Gasteiger charge is -2.10. The summed E-state index contributed by atoms with van der Waals surface area (Å²) in [5, 5.41) is 3.16. The van der Waals surface area contributed by atoms with E-state index in [2.05, 4.69) is 10.3 Å². The molecule has 0 saturated heterocycles. The highest BCUT2D eigenvalue weighted by Gasteiger charge is 2.03. The van der Waals surface area contributed by atoms with E-state index in [9.17, 15) is 4.79 Å². The zero-order chi connectivity index (χ0) is 13.7. The first kappa shape index (κ1) is 13.0. The van der Waals surface area contributed by atoms with Crippen molar-refractivity contribution in [3.63, 3.8) is 0 Å². The van der Waals surface area contributed by atoms with Gasteiger partial charge in [0, 0.05) is 24.8 Å². The zero-order valence-corrected chi connectivity index (χ0v) is 10.5. The molecule has 0 aliphatic carbocycles. The third-order valence-corrected chi connectivity index (χ3v) is 2.84.